The zero-order valence-corrected chi connectivity index (χ0v) is 20.2. The Morgan fingerprint density at radius 3 is 2.38 bits per heavy atom. The van der Waals surface area contributed by atoms with Gasteiger partial charge in [-0.25, -0.2) is 4.39 Å². The largest absolute Gasteiger partial charge is 0.346 e. The molecule has 1 fully saturated rings. The quantitative estimate of drug-likeness (QED) is 0.454. The first-order valence-corrected chi connectivity index (χ1v) is 11.6. The highest BCUT2D eigenvalue weighted by molar-refractivity contribution is 7.80. The average molecular weight is 513 g/mol. The van der Waals surface area contributed by atoms with Gasteiger partial charge in [-0.2, -0.15) is 5.10 Å². The van der Waals surface area contributed by atoms with Crippen molar-refractivity contribution in [3.05, 3.63) is 80.8 Å². The van der Waals surface area contributed by atoms with Gasteiger partial charge >= 0.3 is 0 Å². The molecule has 0 radical (unpaired) electrons. The summed E-state index contributed by atoms with van der Waals surface area (Å²) < 4.78 is 15.0. The van der Waals surface area contributed by atoms with Crippen LogP contribution in [-0.2, 0) is 13.1 Å². The summed E-state index contributed by atoms with van der Waals surface area (Å²) in [6.07, 6.45) is 3.63. The van der Waals surface area contributed by atoms with Crippen molar-refractivity contribution in [2.75, 3.05) is 31.5 Å². The minimum absolute atomic E-state index is 0.320. The molecule has 1 aliphatic heterocycles. The van der Waals surface area contributed by atoms with Crippen molar-refractivity contribution in [3.8, 4) is 0 Å². The first-order chi connectivity index (χ1) is 15.4. The van der Waals surface area contributed by atoms with Crippen LogP contribution in [0.4, 0.5) is 10.1 Å². The summed E-state index contributed by atoms with van der Waals surface area (Å²) in [5.74, 6) is -0.320. The molecular weight excluding hydrogens is 492 g/mol. The van der Waals surface area contributed by atoms with Crippen LogP contribution >= 0.6 is 47.0 Å². The van der Waals surface area contributed by atoms with Gasteiger partial charge in [-0.3, -0.25) is 9.58 Å². The second-order valence-corrected chi connectivity index (χ2v) is 9.23. The van der Waals surface area contributed by atoms with Crippen LogP contribution in [0.3, 0.4) is 0 Å². The first-order valence-electron chi connectivity index (χ1n) is 10.1. The van der Waals surface area contributed by atoms with E-state index in [9.17, 15) is 4.39 Å². The van der Waals surface area contributed by atoms with E-state index in [-0.39, 0.29) is 5.82 Å². The molecule has 0 unspecified atom stereocenters. The number of hydrogen-bond donors (Lipinski definition) is 1. The zero-order chi connectivity index (χ0) is 22.7. The number of nitrogens with one attached hydrogen (secondary N) is 1. The van der Waals surface area contributed by atoms with E-state index in [0.717, 1.165) is 43.0 Å². The molecule has 0 aliphatic carbocycles. The molecule has 1 aromatic heterocycles. The zero-order valence-electron chi connectivity index (χ0n) is 17.1. The number of rotatable bonds is 5. The molecule has 2 heterocycles. The van der Waals surface area contributed by atoms with Crippen molar-refractivity contribution in [2.45, 2.75) is 13.1 Å². The molecule has 32 heavy (non-hydrogen) atoms. The highest BCUT2D eigenvalue weighted by Crippen LogP contribution is 2.22. The van der Waals surface area contributed by atoms with Crippen molar-refractivity contribution < 1.29 is 4.39 Å². The Hall–Kier alpha value is -1.90. The highest BCUT2D eigenvalue weighted by Gasteiger charge is 2.20. The van der Waals surface area contributed by atoms with E-state index in [1.807, 2.05) is 18.3 Å². The minimum atomic E-state index is -0.320. The van der Waals surface area contributed by atoms with Crippen LogP contribution in [0.1, 0.15) is 11.1 Å². The normalized spacial score (nSPS) is 14.6. The predicted molar refractivity (Wildman–Crippen MR) is 132 cm³/mol. The molecule has 10 heteroatoms. The fraction of sp³-hybridized carbons (Fsp3) is 0.273. The van der Waals surface area contributed by atoms with Gasteiger partial charge in [0.1, 0.15) is 5.82 Å². The number of hydrogen-bond acceptors (Lipinski definition) is 3. The summed E-state index contributed by atoms with van der Waals surface area (Å²) in [5.41, 5.74) is 2.68. The number of piperazine rings is 1. The molecule has 2 aromatic carbocycles. The lowest BCUT2D eigenvalue weighted by atomic mass is 10.2. The molecule has 0 saturated carbocycles. The maximum absolute atomic E-state index is 13.2. The molecule has 1 aliphatic rings. The van der Waals surface area contributed by atoms with Gasteiger partial charge in [-0.05, 0) is 47.6 Å². The van der Waals surface area contributed by atoms with Gasteiger partial charge in [-0.1, -0.05) is 46.9 Å². The van der Waals surface area contributed by atoms with Crippen LogP contribution < -0.4 is 5.32 Å². The Balaban J connectivity index is 1.28. The van der Waals surface area contributed by atoms with Gasteiger partial charge in [0, 0.05) is 54.0 Å². The molecular formula is C22H21Cl3FN5S. The average Bonchev–Trinajstić information content (AvgIpc) is 3.19. The minimum Gasteiger partial charge on any atom is -0.346 e. The van der Waals surface area contributed by atoms with Crippen LogP contribution in [0.5, 0.6) is 0 Å². The maximum atomic E-state index is 13.2. The van der Waals surface area contributed by atoms with Crippen LogP contribution in [0.15, 0.2) is 48.8 Å². The van der Waals surface area contributed by atoms with Crippen LogP contribution in [0.2, 0.25) is 15.1 Å². The second-order valence-electron chi connectivity index (χ2n) is 7.59. The van der Waals surface area contributed by atoms with Gasteiger partial charge in [0.05, 0.1) is 18.4 Å². The summed E-state index contributed by atoms with van der Waals surface area (Å²) in [4.78, 5) is 4.41. The number of aromatic nitrogens is 2. The molecule has 1 N–H and O–H groups in total. The number of anilines is 1. The molecule has 4 rings (SSSR count). The predicted octanol–water partition coefficient (Wildman–Crippen LogP) is 5.55. The Kier molecular flexibility index (Phi) is 7.53. The second kappa shape index (κ2) is 10.4. The number of thiocarbonyl (C=S) groups is 1. The van der Waals surface area contributed by atoms with E-state index >= 15 is 0 Å². The topological polar surface area (TPSA) is 36.3 Å². The molecule has 1 saturated heterocycles. The van der Waals surface area contributed by atoms with Gasteiger partial charge in [-0.15, -0.1) is 0 Å². The monoisotopic (exact) mass is 511 g/mol. The highest BCUT2D eigenvalue weighted by atomic mass is 35.5. The molecule has 0 amide bonds. The number of halogens is 4. The fourth-order valence-corrected chi connectivity index (χ4v) is 4.54. The van der Waals surface area contributed by atoms with Gasteiger partial charge < -0.3 is 10.2 Å². The molecule has 5 nitrogen and oxygen atoms in total. The van der Waals surface area contributed by atoms with Crippen molar-refractivity contribution in [2.24, 2.45) is 0 Å². The molecule has 0 atom stereocenters. The summed E-state index contributed by atoms with van der Waals surface area (Å²) in [6.45, 7) is 4.48. The van der Waals surface area contributed by atoms with Crippen LogP contribution in [0, 0.1) is 5.82 Å². The van der Waals surface area contributed by atoms with E-state index in [1.165, 1.54) is 12.1 Å². The molecule has 0 spiro atoms. The van der Waals surface area contributed by atoms with Gasteiger partial charge in [0.15, 0.2) is 5.11 Å². The maximum Gasteiger partial charge on any atom is 0.173 e. The number of benzene rings is 2. The Labute approximate surface area is 206 Å². The van der Waals surface area contributed by atoms with Crippen LogP contribution in [0.25, 0.3) is 0 Å². The van der Waals surface area contributed by atoms with E-state index in [4.69, 9.17) is 47.0 Å². The Bertz CT molecular complexity index is 1110. The van der Waals surface area contributed by atoms with Crippen molar-refractivity contribution in [1.82, 2.24) is 19.6 Å². The van der Waals surface area contributed by atoms with E-state index in [1.54, 1.807) is 23.0 Å². The first kappa shape index (κ1) is 23.3. The third-order valence-corrected chi connectivity index (χ3v) is 6.60. The van der Waals surface area contributed by atoms with Crippen molar-refractivity contribution >= 4 is 57.8 Å². The van der Waals surface area contributed by atoms with E-state index in [0.29, 0.717) is 33.3 Å². The summed E-state index contributed by atoms with van der Waals surface area (Å²) in [5, 5.41) is 9.98. The third kappa shape index (κ3) is 5.91. The SMILES string of the molecule is Fc1ccc(CN2CCN(C(=S)Nc3cnn(Cc4ccc(Cl)cc4Cl)c3)CC2)c(Cl)c1. The van der Waals surface area contributed by atoms with Crippen LogP contribution in [-0.4, -0.2) is 50.9 Å². The van der Waals surface area contributed by atoms with Crippen molar-refractivity contribution in [3.63, 3.8) is 0 Å². The molecule has 0 bridgehead atoms. The summed E-state index contributed by atoms with van der Waals surface area (Å²) >= 11 is 24.0. The van der Waals surface area contributed by atoms with Gasteiger partial charge in [0.2, 0.25) is 0 Å². The fourth-order valence-electron chi connectivity index (χ4n) is 3.54. The Morgan fingerprint density at radius 1 is 0.969 bits per heavy atom. The number of nitrogens with zero attached hydrogens (tertiary/aromatic N) is 4. The third-order valence-electron chi connectivity index (χ3n) is 5.30. The smallest absolute Gasteiger partial charge is 0.173 e. The lowest BCUT2D eigenvalue weighted by Crippen LogP contribution is -2.49. The molecule has 168 valence electrons. The Morgan fingerprint density at radius 2 is 1.66 bits per heavy atom. The van der Waals surface area contributed by atoms with Gasteiger partial charge in [0.25, 0.3) is 0 Å². The van der Waals surface area contributed by atoms with E-state index in [2.05, 4.69) is 20.2 Å². The standard InChI is InChI=1S/C22H21Cl3FN5S/c23-17-3-1-16(20(24)9-17)13-31-14-19(11-27-31)28-22(32)30-7-5-29(6-8-30)12-15-2-4-18(26)10-21(15)25/h1-4,9-11,14H,5-8,12-13H2,(H,28,32). The lowest BCUT2D eigenvalue weighted by molar-refractivity contribution is 0.177. The van der Waals surface area contributed by atoms with Crippen molar-refractivity contribution in [1.29, 1.82) is 0 Å². The lowest BCUT2D eigenvalue weighted by Gasteiger charge is -2.36. The molecule has 3 aromatic rings. The summed E-state index contributed by atoms with van der Waals surface area (Å²) in [7, 11) is 0. The summed E-state index contributed by atoms with van der Waals surface area (Å²) in [6, 6.07) is 9.96. The van der Waals surface area contributed by atoms with E-state index < -0.39 is 0 Å².